The maximum absolute atomic E-state index is 12.8. The van der Waals surface area contributed by atoms with Crippen molar-refractivity contribution in [1.82, 2.24) is 9.78 Å². The normalized spacial score (nSPS) is 22.5. The van der Waals surface area contributed by atoms with Crippen molar-refractivity contribution in [3.8, 4) is 0 Å². The Bertz CT molecular complexity index is 518. The van der Waals surface area contributed by atoms with Crippen LogP contribution in [0.3, 0.4) is 0 Å². The molecule has 17 heavy (non-hydrogen) atoms. The lowest BCUT2D eigenvalue weighted by Crippen LogP contribution is -1.96. The Morgan fingerprint density at radius 2 is 2.12 bits per heavy atom. The minimum absolute atomic E-state index is 0.178. The van der Waals surface area contributed by atoms with Gasteiger partial charge in [-0.15, -0.1) is 0 Å². The highest BCUT2D eigenvalue weighted by Gasteiger charge is 2.40. The zero-order chi connectivity index (χ0) is 11.8. The van der Waals surface area contributed by atoms with E-state index in [-0.39, 0.29) is 5.82 Å². The van der Waals surface area contributed by atoms with Gasteiger partial charge in [0, 0.05) is 19.2 Å². The zero-order valence-electron chi connectivity index (χ0n) is 9.60. The first-order valence-electron chi connectivity index (χ1n) is 5.75. The van der Waals surface area contributed by atoms with E-state index >= 15 is 0 Å². The second kappa shape index (κ2) is 3.87. The number of nitrogens with one attached hydrogen (secondary N) is 1. The highest BCUT2D eigenvalue weighted by molar-refractivity contribution is 5.38. The molecule has 2 atom stereocenters. The summed E-state index contributed by atoms with van der Waals surface area (Å²) in [6.07, 6.45) is 4.91. The van der Waals surface area contributed by atoms with Crippen LogP contribution >= 0.6 is 0 Å². The molecule has 2 aromatic rings. The third-order valence-corrected chi connectivity index (χ3v) is 3.28. The van der Waals surface area contributed by atoms with Crippen molar-refractivity contribution in [3.63, 3.8) is 0 Å². The second-order valence-corrected chi connectivity index (χ2v) is 4.42. The van der Waals surface area contributed by atoms with Crippen molar-refractivity contribution in [2.75, 3.05) is 12.4 Å². The molecule has 1 N–H and O–H groups in total. The molecule has 0 unspecified atom stereocenters. The summed E-state index contributed by atoms with van der Waals surface area (Å²) in [5, 5.41) is 7.38. The topological polar surface area (TPSA) is 29.9 Å². The first-order valence-corrected chi connectivity index (χ1v) is 5.75. The molecular formula is C13H14FN3. The maximum Gasteiger partial charge on any atom is 0.123 e. The highest BCUT2D eigenvalue weighted by Crippen LogP contribution is 2.51. The molecule has 0 radical (unpaired) electrons. The number of anilines is 1. The number of halogens is 1. The van der Waals surface area contributed by atoms with Crippen LogP contribution < -0.4 is 5.32 Å². The predicted octanol–water partition coefficient (Wildman–Crippen LogP) is 2.79. The summed E-state index contributed by atoms with van der Waals surface area (Å²) in [4.78, 5) is 0. The van der Waals surface area contributed by atoms with Gasteiger partial charge in [0.2, 0.25) is 0 Å². The summed E-state index contributed by atoms with van der Waals surface area (Å²) in [6, 6.07) is 7.19. The fraction of sp³-hybridized carbons (Fsp3) is 0.308. The van der Waals surface area contributed by atoms with Crippen LogP contribution in [0.5, 0.6) is 0 Å². The Kier molecular flexibility index (Phi) is 2.35. The van der Waals surface area contributed by atoms with E-state index < -0.39 is 0 Å². The lowest BCUT2D eigenvalue weighted by Gasteiger charge is -2.01. The lowest BCUT2D eigenvalue weighted by atomic mass is 10.1. The van der Waals surface area contributed by atoms with Crippen LogP contribution in [0.1, 0.15) is 23.9 Å². The first kappa shape index (κ1) is 10.3. The Hall–Kier alpha value is -1.84. The lowest BCUT2D eigenvalue weighted by molar-refractivity contribution is 0.619. The molecule has 0 amide bonds. The van der Waals surface area contributed by atoms with Crippen LogP contribution in [0.25, 0.3) is 0 Å². The van der Waals surface area contributed by atoms with Crippen LogP contribution in [0.15, 0.2) is 36.7 Å². The molecule has 1 saturated carbocycles. The van der Waals surface area contributed by atoms with Gasteiger partial charge in [-0.25, -0.2) is 4.39 Å². The van der Waals surface area contributed by atoms with E-state index in [1.54, 1.807) is 0 Å². The Balaban J connectivity index is 1.75. The molecule has 0 saturated heterocycles. The van der Waals surface area contributed by atoms with E-state index in [9.17, 15) is 4.39 Å². The first-order chi connectivity index (χ1) is 8.28. The predicted molar refractivity (Wildman–Crippen MR) is 64.6 cm³/mol. The van der Waals surface area contributed by atoms with Gasteiger partial charge < -0.3 is 5.32 Å². The van der Waals surface area contributed by atoms with Crippen molar-refractivity contribution in [1.29, 1.82) is 0 Å². The van der Waals surface area contributed by atoms with Gasteiger partial charge >= 0.3 is 0 Å². The van der Waals surface area contributed by atoms with Gasteiger partial charge in [-0.3, -0.25) is 4.68 Å². The van der Waals surface area contributed by atoms with Gasteiger partial charge in [-0.2, -0.15) is 5.10 Å². The fourth-order valence-electron chi connectivity index (χ4n) is 2.19. The van der Waals surface area contributed by atoms with Crippen LogP contribution in [0.4, 0.5) is 10.1 Å². The van der Waals surface area contributed by atoms with Crippen LogP contribution in [-0.2, 0) is 0 Å². The van der Waals surface area contributed by atoms with Crippen molar-refractivity contribution in [2.45, 2.75) is 18.4 Å². The van der Waals surface area contributed by atoms with E-state index in [1.165, 1.54) is 17.7 Å². The number of hydrogen-bond donors (Lipinski definition) is 1. The molecule has 1 aliphatic rings. The highest BCUT2D eigenvalue weighted by atomic mass is 19.1. The molecular weight excluding hydrogens is 217 g/mol. The number of benzene rings is 1. The minimum Gasteiger partial charge on any atom is -0.386 e. The number of nitrogens with zero attached hydrogens (tertiary/aromatic N) is 2. The van der Waals surface area contributed by atoms with Crippen LogP contribution in [0, 0.1) is 5.82 Å². The number of hydrogen-bond acceptors (Lipinski definition) is 2. The fourth-order valence-corrected chi connectivity index (χ4v) is 2.19. The van der Waals surface area contributed by atoms with Crippen molar-refractivity contribution in [3.05, 3.63) is 48.0 Å². The molecule has 1 aliphatic carbocycles. The van der Waals surface area contributed by atoms with E-state index in [0.29, 0.717) is 12.0 Å². The van der Waals surface area contributed by atoms with Crippen molar-refractivity contribution in [2.24, 2.45) is 0 Å². The molecule has 0 aliphatic heterocycles. The van der Waals surface area contributed by atoms with E-state index in [2.05, 4.69) is 10.4 Å². The summed E-state index contributed by atoms with van der Waals surface area (Å²) < 4.78 is 14.8. The van der Waals surface area contributed by atoms with Gasteiger partial charge in [0.15, 0.2) is 0 Å². The monoisotopic (exact) mass is 231 g/mol. The van der Waals surface area contributed by atoms with E-state index in [0.717, 1.165) is 12.1 Å². The molecule has 1 aromatic heterocycles. The minimum atomic E-state index is -0.178. The molecule has 0 bridgehead atoms. The molecule has 3 nitrogen and oxygen atoms in total. The van der Waals surface area contributed by atoms with Crippen molar-refractivity contribution < 1.29 is 4.39 Å². The van der Waals surface area contributed by atoms with Gasteiger partial charge in [0.05, 0.1) is 17.9 Å². The summed E-state index contributed by atoms with van der Waals surface area (Å²) in [5.74, 6) is 0.294. The standard InChI is InChI=1S/C13H14FN3/c1-15-11-7-16-17(8-11)13-6-12(13)9-2-4-10(14)5-3-9/h2-5,7-8,12-13,15H,6H2,1H3/t12-,13-/m1/s1. The maximum atomic E-state index is 12.8. The largest absolute Gasteiger partial charge is 0.386 e. The Morgan fingerprint density at radius 3 is 2.76 bits per heavy atom. The number of aromatic nitrogens is 2. The van der Waals surface area contributed by atoms with Gasteiger partial charge in [0.25, 0.3) is 0 Å². The average molecular weight is 231 g/mol. The third-order valence-electron chi connectivity index (χ3n) is 3.28. The smallest absolute Gasteiger partial charge is 0.123 e. The molecule has 1 heterocycles. The molecule has 1 aromatic carbocycles. The molecule has 1 fully saturated rings. The molecule has 3 rings (SSSR count). The van der Waals surface area contributed by atoms with Crippen LogP contribution in [0.2, 0.25) is 0 Å². The Morgan fingerprint density at radius 1 is 1.35 bits per heavy atom. The van der Waals surface area contributed by atoms with Gasteiger partial charge in [0.1, 0.15) is 5.82 Å². The van der Waals surface area contributed by atoms with Crippen LogP contribution in [-0.4, -0.2) is 16.8 Å². The summed E-state index contributed by atoms with van der Waals surface area (Å²) >= 11 is 0. The second-order valence-electron chi connectivity index (χ2n) is 4.42. The van der Waals surface area contributed by atoms with Gasteiger partial charge in [-0.05, 0) is 24.1 Å². The SMILES string of the molecule is CNc1cnn([C@@H]2C[C@@H]2c2ccc(F)cc2)c1. The molecule has 0 spiro atoms. The van der Waals surface area contributed by atoms with Crippen molar-refractivity contribution >= 4 is 5.69 Å². The Labute approximate surface area is 99.3 Å². The summed E-state index contributed by atoms with van der Waals surface area (Å²) in [5.41, 5.74) is 2.22. The van der Waals surface area contributed by atoms with Gasteiger partial charge in [-0.1, -0.05) is 12.1 Å². The molecule has 4 heteroatoms. The zero-order valence-corrected chi connectivity index (χ0v) is 9.60. The average Bonchev–Trinajstić information content (AvgIpc) is 3.00. The third kappa shape index (κ3) is 1.90. The van der Waals surface area contributed by atoms with E-state index in [1.807, 2.05) is 36.3 Å². The molecule has 88 valence electrons. The number of rotatable bonds is 3. The van der Waals surface area contributed by atoms with E-state index in [4.69, 9.17) is 0 Å². The summed E-state index contributed by atoms with van der Waals surface area (Å²) in [6.45, 7) is 0. The summed E-state index contributed by atoms with van der Waals surface area (Å²) in [7, 11) is 1.88. The quantitative estimate of drug-likeness (QED) is 0.880.